The molecular formula is C55H63N3. The molecule has 0 atom stereocenters. The van der Waals surface area contributed by atoms with Crippen molar-refractivity contribution in [2.75, 3.05) is 10.6 Å². The van der Waals surface area contributed by atoms with Gasteiger partial charge in [0.2, 0.25) is 0 Å². The lowest BCUT2D eigenvalue weighted by atomic mass is 10.0. The highest BCUT2D eigenvalue weighted by molar-refractivity contribution is 6.11. The molecule has 298 valence electrons. The molecule has 0 bridgehead atoms. The van der Waals surface area contributed by atoms with Crippen molar-refractivity contribution in [1.29, 1.82) is 0 Å². The van der Waals surface area contributed by atoms with Crippen molar-refractivity contribution >= 4 is 44.6 Å². The van der Waals surface area contributed by atoms with E-state index in [9.17, 15) is 0 Å². The van der Waals surface area contributed by atoms with Crippen molar-refractivity contribution < 1.29 is 0 Å². The van der Waals surface area contributed by atoms with Gasteiger partial charge in [0.25, 0.3) is 0 Å². The molecule has 0 saturated heterocycles. The van der Waals surface area contributed by atoms with Crippen molar-refractivity contribution in [1.82, 2.24) is 4.57 Å². The van der Waals surface area contributed by atoms with Crippen molar-refractivity contribution in [3.63, 3.8) is 0 Å². The van der Waals surface area contributed by atoms with Gasteiger partial charge >= 0.3 is 0 Å². The van der Waals surface area contributed by atoms with Gasteiger partial charge in [0, 0.05) is 39.2 Å². The maximum Gasteiger partial charge on any atom is 0.0542 e. The Labute approximate surface area is 348 Å². The topological polar surface area (TPSA) is 34.2 Å². The van der Waals surface area contributed by atoms with Crippen molar-refractivity contribution in [3.8, 4) is 27.9 Å². The molecule has 0 aliphatic heterocycles. The summed E-state index contributed by atoms with van der Waals surface area (Å²) in [4.78, 5) is 2.33. The highest BCUT2D eigenvalue weighted by atomic mass is 15.1. The first kappa shape index (κ1) is 43.1. The van der Waals surface area contributed by atoms with Crippen LogP contribution in [-0.2, 0) is 0 Å². The minimum Gasteiger partial charge on any atom is -0.399 e. The van der Waals surface area contributed by atoms with E-state index in [0.717, 1.165) is 50.2 Å². The van der Waals surface area contributed by atoms with Crippen molar-refractivity contribution in [2.45, 2.75) is 86.5 Å². The number of nitrogen functional groups attached to an aromatic ring is 1. The van der Waals surface area contributed by atoms with Crippen LogP contribution in [0.5, 0.6) is 0 Å². The number of nitrogens with zero attached hydrogens (tertiary/aromatic N) is 2. The highest BCUT2D eigenvalue weighted by Gasteiger charge is 2.18. The van der Waals surface area contributed by atoms with E-state index < -0.39 is 0 Å². The van der Waals surface area contributed by atoms with Crippen LogP contribution in [0.1, 0.15) is 86.5 Å². The number of nitrogens with two attached hydrogens (primary N) is 1. The Morgan fingerprint density at radius 1 is 0.414 bits per heavy atom. The van der Waals surface area contributed by atoms with E-state index in [1.165, 1.54) is 67.2 Å². The summed E-state index contributed by atoms with van der Waals surface area (Å²) in [5.74, 6) is 0. The Balaban J connectivity index is 0.000000432. The molecule has 2 aliphatic carbocycles. The first-order valence-corrected chi connectivity index (χ1v) is 21.6. The van der Waals surface area contributed by atoms with E-state index in [2.05, 4.69) is 193 Å². The lowest BCUT2D eigenvalue weighted by Crippen LogP contribution is -2.10. The predicted octanol–water partition coefficient (Wildman–Crippen LogP) is 17.0. The standard InChI is InChI=1S/C42H31N3.2C3H6.C3H8.2C2H6/c43-34-20-26-41-39(28-34)40-29-38(25-27-42(40)45(41)35-14-8-3-9-15-35)44(36-21-16-32(17-22-36)30-10-4-1-5-11-30)37-23-18-33(19-24-37)31-12-6-2-7-13-31;2*1-2-3-1;1-3-2;2*1-2/h1-29H,43H2;2*1-3H2;3H2,1-2H3;2*1-2H3. The van der Waals surface area contributed by atoms with Crippen LogP contribution in [0.25, 0.3) is 49.7 Å². The first-order valence-electron chi connectivity index (χ1n) is 21.6. The van der Waals surface area contributed by atoms with Crippen LogP contribution in [-0.4, -0.2) is 4.57 Å². The number of rotatable bonds is 6. The second kappa shape index (κ2) is 22.6. The minimum atomic E-state index is 0.755. The van der Waals surface area contributed by atoms with Crippen LogP contribution in [0.2, 0.25) is 0 Å². The fourth-order valence-corrected chi connectivity index (χ4v) is 6.34. The van der Waals surface area contributed by atoms with Crippen LogP contribution in [0.4, 0.5) is 22.7 Å². The third kappa shape index (κ3) is 11.5. The van der Waals surface area contributed by atoms with E-state index in [1.54, 1.807) is 0 Å². The maximum atomic E-state index is 6.35. The number of hydrogen-bond donors (Lipinski definition) is 1. The molecule has 0 radical (unpaired) electrons. The van der Waals surface area contributed by atoms with E-state index in [4.69, 9.17) is 5.73 Å². The predicted molar refractivity (Wildman–Crippen MR) is 257 cm³/mol. The molecule has 0 amide bonds. The smallest absolute Gasteiger partial charge is 0.0542 e. The molecule has 10 rings (SSSR count). The summed E-state index contributed by atoms with van der Waals surface area (Å²) in [5, 5.41) is 2.29. The fourth-order valence-electron chi connectivity index (χ4n) is 6.34. The van der Waals surface area contributed by atoms with Crippen LogP contribution >= 0.6 is 0 Å². The number of aromatic nitrogens is 1. The zero-order chi connectivity index (χ0) is 41.1. The number of hydrogen-bond acceptors (Lipinski definition) is 2. The molecule has 3 heteroatoms. The van der Waals surface area contributed by atoms with Gasteiger partial charge < -0.3 is 15.2 Å². The van der Waals surface area contributed by atoms with Crippen LogP contribution < -0.4 is 10.6 Å². The Hall–Kier alpha value is -6.06. The second-order valence-electron chi connectivity index (χ2n) is 14.1. The van der Waals surface area contributed by atoms with E-state index >= 15 is 0 Å². The molecule has 3 nitrogen and oxygen atoms in total. The third-order valence-electron chi connectivity index (χ3n) is 9.22. The average molecular weight is 766 g/mol. The van der Waals surface area contributed by atoms with Gasteiger partial charge in [-0.1, -0.05) is 190 Å². The van der Waals surface area contributed by atoms with Gasteiger partial charge in [-0.2, -0.15) is 0 Å². The molecule has 7 aromatic carbocycles. The molecule has 2 fully saturated rings. The van der Waals surface area contributed by atoms with Crippen LogP contribution in [0, 0.1) is 0 Å². The number of benzene rings is 7. The molecule has 2 aliphatic rings. The van der Waals surface area contributed by atoms with E-state index in [-0.39, 0.29) is 0 Å². The molecule has 58 heavy (non-hydrogen) atoms. The number of anilines is 4. The first-order chi connectivity index (χ1) is 28.6. The van der Waals surface area contributed by atoms with Gasteiger partial charge in [-0.15, -0.1) is 0 Å². The summed E-state index contributed by atoms with van der Waals surface area (Å²) < 4.78 is 2.32. The van der Waals surface area contributed by atoms with Gasteiger partial charge in [-0.25, -0.2) is 0 Å². The summed E-state index contributed by atoms with van der Waals surface area (Å²) in [6.45, 7) is 12.2. The molecule has 0 unspecified atom stereocenters. The van der Waals surface area contributed by atoms with Crippen LogP contribution in [0.15, 0.2) is 176 Å². The SMILES string of the molecule is C1CC1.C1CC1.CC.CC.CCC.Nc1ccc2c(c1)c1cc(N(c3ccc(-c4ccccc4)cc3)c3ccc(-c4ccccc4)cc3)ccc1n2-c1ccccc1. The molecule has 8 aromatic rings. The second-order valence-corrected chi connectivity index (χ2v) is 14.1. The van der Waals surface area contributed by atoms with Crippen molar-refractivity contribution in [2.24, 2.45) is 0 Å². The monoisotopic (exact) mass is 766 g/mol. The summed E-state index contributed by atoms with van der Waals surface area (Å²) in [7, 11) is 0. The number of fused-ring (bicyclic) bond motifs is 3. The average Bonchev–Trinajstić information content (AvgIpc) is 4.22. The van der Waals surface area contributed by atoms with Gasteiger partial charge in [-0.05, 0) is 95.1 Å². The summed E-state index contributed by atoms with van der Waals surface area (Å²) in [6, 6.07) is 62.2. The molecular weight excluding hydrogens is 703 g/mol. The molecule has 1 heterocycles. The zero-order valence-corrected chi connectivity index (χ0v) is 35.7. The Morgan fingerprint density at radius 3 is 1.17 bits per heavy atom. The Kier molecular flexibility index (Phi) is 16.8. The van der Waals surface area contributed by atoms with Crippen LogP contribution in [0.3, 0.4) is 0 Å². The summed E-state index contributed by atoms with van der Waals surface area (Å²) >= 11 is 0. The third-order valence-corrected chi connectivity index (χ3v) is 9.22. The van der Waals surface area contributed by atoms with Gasteiger partial charge in [0.05, 0.1) is 11.0 Å². The lowest BCUT2D eigenvalue weighted by Gasteiger charge is -2.26. The van der Waals surface area contributed by atoms with E-state index in [0.29, 0.717) is 0 Å². The minimum absolute atomic E-state index is 0.755. The number of para-hydroxylation sites is 1. The molecule has 0 spiro atoms. The summed E-state index contributed by atoms with van der Waals surface area (Å²) in [5.41, 5.74) is 18.6. The largest absolute Gasteiger partial charge is 0.399 e. The van der Waals surface area contributed by atoms with Crippen molar-refractivity contribution in [3.05, 3.63) is 176 Å². The zero-order valence-electron chi connectivity index (χ0n) is 35.7. The molecule has 2 N–H and O–H groups in total. The molecule has 2 saturated carbocycles. The van der Waals surface area contributed by atoms with Gasteiger partial charge in [0.1, 0.15) is 0 Å². The van der Waals surface area contributed by atoms with Gasteiger partial charge in [-0.3, -0.25) is 0 Å². The lowest BCUT2D eigenvalue weighted by molar-refractivity contribution is 1.09. The molecule has 1 aromatic heterocycles. The Morgan fingerprint density at radius 2 is 0.759 bits per heavy atom. The highest BCUT2D eigenvalue weighted by Crippen LogP contribution is 2.41. The fraction of sp³-hybridized carbons (Fsp3) is 0.236. The van der Waals surface area contributed by atoms with E-state index in [1.807, 2.05) is 33.8 Å². The quantitative estimate of drug-likeness (QED) is 0.171. The normalized spacial score (nSPS) is 11.7. The maximum absolute atomic E-state index is 6.35. The summed E-state index contributed by atoms with van der Waals surface area (Å²) in [6.07, 6.45) is 10.2. The Bertz CT molecular complexity index is 2260. The van der Waals surface area contributed by atoms with Gasteiger partial charge in [0.15, 0.2) is 0 Å².